The molecule has 0 unspecified atom stereocenters. The molecule has 0 aromatic rings. The van der Waals surface area contributed by atoms with Crippen molar-refractivity contribution in [1.29, 1.82) is 0 Å². The van der Waals surface area contributed by atoms with Crippen LogP contribution in [0.2, 0.25) is 0 Å². The van der Waals surface area contributed by atoms with Crippen LogP contribution in [-0.2, 0) is 4.74 Å². The van der Waals surface area contributed by atoms with Crippen molar-refractivity contribution >= 4 is 6.16 Å². The standard InChI is InChI=1S/C10H18O3/c1-7(2)8-3-5-9(6-4-8)13-10(11)12/h7-9H,3-6H2,1-2H3,(H,11,12). The van der Waals surface area contributed by atoms with Gasteiger partial charge in [0.25, 0.3) is 0 Å². The van der Waals surface area contributed by atoms with E-state index in [-0.39, 0.29) is 6.10 Å². The fourth-order valence-corrected chi connectivity index (χ4v) is 2.02. The molecule has 13 heavy (non-hydrogen) atoms. The van der Waals surface area contributed by atoms with Crippen molar-refractivity contribution in [2.45, 2.75) is 45.6 Å². The molecule has 76 valence electrons. The van der Waals surface area contributed by atoms with E-state index in [9.17, 15) is 4.79 Å². The van der Waals surface area contributed by atoms with Gasteiger partial charge in [0.15, 0.2) is 0 Å². The Morgan fingerprint density at radius 3 is 2.23 bits per heavy atom. The summed E-state index contributed by atoms with van der Waals surface area (Å²) in [6, 6.07) is 0. The smallest absolute Gasteiger partial charge is 0.450 e. The topological polar surface area (TPSA) is 46.5 Å². The van der Waals surface area contributed by atoms with E-state index in [2.05, 4.69) is 13.8 Å². The Morgan fingerprint density at radius 2 is 1.85 bits per heavy atom. The predicted octanol–water partition coefficient (Wildman–Crippen LogP) is 2.90. The fraction of sp³-hybridized carbons (Fsp3) is 0.900. The molecule has 0 aromatic carbocycles. The highest BCUT2D eigenvalue weighted by atomic mass is 16.7. The van der Waals surface area contributed by atoms with Gasteiger partial charge >= 0.3 is 6.16 Å². The van der Waals surface area contributed by atoms with Crippen LogP contribution < -0.4 is 0 Å². The molecule has 1 rings (SSSR count). The van der Waals surface area contributed by atoms with E-state index in [0.29, 0.717) is 5.92 Å². The lowest BCUT2D eigenvalue weighted by atomic mass is 9.80. The van der Waals surface area contributed by atoms with Crippen LogP contribution >= 0.6 is 0 Å². The third kappa shape index (κ3) is 3.25. The SMILES string of the molecule is CC(C)C1CCC(OC(=O)O)CC1. The Bertz CT molecular complexity index is 169. The highest BCUT2D eigenvalue weighted by Crippen LogP contribution is 2.31. The summed E-state index contributed by atoms with van der Waals surface area (Å²) in [5.41, 5.74) is 0. The third-order valence-electron chi connectivity index (χ3n) is 2.93. The first kappa shape index (κ1) is 10.4. The third-order valence-corrected chi connectivity index (χ3v) is 2.93. The molecule has 1 N–H and O–H groups in total. The largest absolute Gasteiger partial charge is 0.506 e. The molecule has 0 heterocycles. The van der Waals surface area contributed by atoms with Gasteiger partial charge in [0, 0.05) is 0 Å². The summed E-state index contributed by atoms with van der Waals surface area (Å²) >= 11 is 0. The summed E-state index contributed by atoms with van der Waals surface area (Å²) in [6.07, 6.45) is 2.83. The maximum Gasteiger partial charge on any atom is 0.506 e. The molecule has 0 aromatic heterocycles. The summed E-state index contributed by atoms with van der Waals surface area (Å²) in [7, 11) is 0. The Labute approximate surface area is 79.1 Å². The van der Waals surface area contributed by atoms with Gasteiger partial charge in [0.05, 0.1) is 0 Å². The van der Waals surface area contributed by atoms with Gasteiger partial charge in [-0.1, -0.05) is 13.8 Å². The lowest BCUT2D eigenvalue weighted by Crippen LogP contribution is -2.25. The molecule has 0 amide bonds. The minimum Gasteiger partial charge on any atom is -0.450 e. The normalized spacial score (nSPS) is 28.8. The monoisotopic (exact) mass is 186 g/mol. The summed E-state index contributed by atoms with van der Waals surface area (Å²) < 4.78 is 4.74. The fourth-order valence-electron chi connectivity index (χ4n) is 2.02. The predicted molar refractivity (Wildman–Crippen MR) is 49.7 cm³/mol. The summed E-state index contributed by atoms with van der Waals surface area (Å²) in [4.78, 5) is 10.3. The maximum absolute atomic E-state index is 10.3. The van der Waals surface area contributed by atoms with Crippen molar-refractivity contribution in [3.8, 4) is 0 Å². The van der Waals surface area contributed by atoms with Crippen LogP contribution in [0.25, 0.3) is 0 Å². The molecule has 1 aliphatic rings. The van der Waals surface area contributed by atoms with E-state index in [1.165, 1.54) is 0 Å². The minimum absolute atomic E-state index is 0.0486. The Balaban J connectivity index is 2.26. The number of hydrogen-bond donors (Lipinski definition) is 1. The Kier molecular flexibility index (Phi) is 3.58. The van der Waals surface area contributed by atoms with E-state index in [1.54, 1.807) is 0 Å². The minimum atomic E-state index is -1.13. The van der Waals surface area contributed by atoms with Crippen molar-refractivity contribution in [2.24, 2.45) is 11.8 Å². The van der Waals surface area contributed by atoms with Crippen LogP contribution in [0.15, 0.2) is 0 Å². The van der Waals surface area contributed by atoms with E-state index < -0.39 is 6.16 Å². The second-order valence-corrected chi connectivity index (χ2v) is 4.16. The van der Waals surface area contributed by atoms with Gasteiger partial charge in [-0.15, -0.1) is 0 Å². The zero-order chi connectivity index (χ0) is 9.84. The first-order chi connectivity index (χ1) is 6.09. The van der Waals surface area contributed by atoms with Crippen molar-refractivity contribution in [3.63, 3.8) is 0 Å². The first-order valence-electron chi connectivity index (χ1n) is 4.99. The number of ether oxygens (including phenoxy) is 1. The average Bonchev–Trinajstić information content (AvgIpc) is 2.04. The van der Waals surface area contributed by atoms with Gasteiger partial charge in [-0.25, -0.2) is 4.79 Å². The molecule has 1 saturated carbocycles. The summed E-state index contributed by atoms with van der Waals surface area (Å²) in [6.45, 7) is 4.45. The molecule has 3 nitrogen and oxygen atoms in total. The van der Waals surface area contributed by atoms with E-state index in [0.717, 1.165) is 31.6 Å². The molecular weight excluding hydrogens is 168 g/mol. The molecule has 3 heteroatoms. The number of rotatable bonds is 2. The van der Waals surface area contributed by atoms with Crippen LogP contribution in [0.1, 0.15) is 39.5 Å². The zero-order valence-corrected chi connectivity index (χ0v) is 8.32. The van der Waals surface area contributed by atoms with Gasteiger partial charge in [0.2, 0.25) is 0 Å². The zero-order valence-electron chi connectivity index (χ0n) is 8.32. The van der Waals surface area contributed by atoms with Crippen LogP contribution in [-0.4, -0.2) is 17.4 Å². The molecule has 1 fully saturated rings. The number of carbonyl (C=O) groups is 1. The second-order valence-electron chi connectivity index (χ2n) is 4.16. The highest BCUT2D eigenvalue weighted by molar-refractivity contribution is 5.57. The maximum atomic E-state index is 10.3. The average molecular weight is 186 g/mol. The lowest BCUT2D eigenvalue weighted by molar-refractivity contribution is 0.0245. The van der Waals surface area contributed by atoms with E-state index in [4.69, 9.17) is 9.84 Å². The lowest BCUT2D eigenvalue weighted by Gasteiger charge is -2.29. The Morgan fingerprint density at radius 1 is 1.31 bits per heavy atom. The van der Waals surface area contributed by atoms with Crippen LogP contribution in [0.3, 0.4) is 0 Å². The van der Waals surface area contributed by atoms with Crippen molar-refractivity contribution in [2.75, 3.05) is 0 Å². The van der Waals surface area contributed by atoms with Gasteiger partial charge in [-0.3, -0.25) is 0 Å². The molecule has 0 atom stereocenters. The second kappa shape index (κ2) is 4.49. The molecule has 1 aliphatic carbocycles. The molecule has 0 radical (unpaired) electrons. The molecule has 0 aliphatic heterocycles. The van der Waals surface area contributed by atoms with Gasteiger partial charge in [-0.05, 0) is 37.5 Å². The number of carboxylic acid groups (broad SMARTS) is 1. The first-order valence-corrected chi connectivity index (χ1v) is 4.99. The van der Waals surface area contributed by atoms with Crippen LogP contribution in [0.5, 0.6) is 0 Å². The quantitative estimate of drug-likeness (QED) is 0.674. The number of hydrogen-bond acceptors (Lipinski definition) is 2. The highest BCUT2D eigenvalue weighted by Gasteiger charge is 2.25. The summed E-state index contributed by atoms with van der Waals surface area (Å²) in [5.74, 6) is 1.47. The molecule has 0 bridgehead atoms. The van der Waals surface area contributed by atoms with Gasteiger partial charge in [0.1, 0.15) is 6.10 Å². The van der Waals surface area contributed by atoms with Crippen molar-refractivity contribution in [3.05, 3.63) is 0 Å². The molecule has 0 saturated heterocycles. The molecular formula is C10H18O3. The molecule has 0 spiro atoms. The van der Waals surface area contributed by atoms with Gasteiger partial charge < -0.3 is 9.84 Å². The van der Waals surface area contributed by atoms with Crippen LogP contribution in [0.4, 0.5) is 4.79 Å². The van der Waals surface area contributed by atoms with Gasteiger partial charge in [-0.2, -0.15) is 0 Å². The summed E-state index contributed by atoms with van der Waals surface area (Å²) in [5, 5.41) is 8.42. The van der Waals surface area contributed by atoms with Crippen LogP contribution in [0, 0.1) is 11.8 Å². The van der Waals surface area contributed by atoms with Crippen molar-refractivity contribution in [1.82, 2.24) is 0 Å². The van der Waals surface area contributed by atoms with E-state index >= 15 is 0 Å². The van der Waals surface area contributed by atoms with Crippen molar-refractivity contribution < 1.29 is 14.6 Å². The Hall–Kier alpha value is -0.730. The van der Waals surface area contributed by atoms with E-state index in [1.807, 2.05) is 0 Å².